The van der Waals surface area contributed by atoms with Crippen molar-refractivity contribution in [1.82, 2.24) is 19.6 Å². The maximum Gasteiger partial charge on any atom is 0.338 e. The van der Waals surface area contributed by atoms with Crippen molar-refractivity contribution < 1.29 is 24.9 Å². The van der Waals surface area contributed by atoms with E-state index in [4.69, 9.17) is 4.74 Å². The molecule has 1 atom stereocenters. The zero-order chi connectivity index (χ0) is 25.4. The van der Waals surface area contributed by atoms with Gasteiger partial charge in [0.25, 0.3) is 5.78 Å². The molecule has 5 rings (SSSR count). The Kier molecular flexibility index (Phi) is 6.32. The van der Waals surface area contributed by atoms with Crippen LogP contribution in [-0.4, -0.2) is 46.5 Å². The summed E-state index contributed by atoms with van der Waals surface area (Å²) in [6.07, 6.45) is 9.34. The Bertz CT molecular complexity index is 1340. The molecule has 2 aromatic heterocycles. The quantitative estimate of drug-likeness (QED) is 0.417. The topological polar surface area (TPSA) is 130 Å². The fourth-order valence-corrected chi connectivity index (χ4v) is 5.64. The van der Waals surface area contributed by atoms with E-state index in [1.807, 2.05) is 19.9 Å². The Morgan fingerprint density at radius 2 is 1.89 bits per heavy atom. The van der Waals surface area contributed by atoms with Crippen molar-refractivity contribution in [3.8, 4) is 11.5 Å². The van der Waals surface area contributed by atoms with E-state index >= 15 is 0 Å². The Morgan fingerprint density at radius 1 is 1.14 bits per heavy atom. The van der Waals surface area contributed by atoms with Gasteiger partial charge in [-0.1, -0.05) is 19.8 Å². The van der Waals surface area contributed by atoms with Crippen molar-refractivity contribution in [2.24, 2.45) is 5.92 Å². The zero-order valence-corrected chi connectivity index (χ0v) is 20.7. The molecule has 3 heterocycles. The Balaban J connectivity index is 1.41. The summed E-state index contributed by atoms with van der Waals surface area (Å²) in [4.78, 5) is 21.9. The van der Waals surface area contributed by atoms with Crippen LogP contribution in [0.3, 0.4) is 0 Å². The molecule has 1 aromatic carbocycles. The summed E-state index contributed by atoms with van der Waals surface area (Å²) in [6, 6.07) is 3.18. The SMILES string of the molecule is CCc1cc(CC[C@]2(C3CCCC3)CC(O)=C(Cc3nc4ncc(C)cn4n3)C(=O)O2)c(O)cc1O. The third kappa shape index (κ3) is 4.50. The van der Waals surface area contributed by atoms with Crippen LogP contribution in [0.5, 0.6) is 11.5 Å². The second kappa shape index (κ2) is 9.44. The third-order valence-corrected chi connectivity index (χ3v) is 7.64. The number of phenolic OH excluding ortho intramolecular Hbond substituents is 2. The number of phenols is 2. The van der Waals surface area contributed by atoms with E-state index in [0.717, 1.165) is 36.8 Å². The number of ether oxygens (including phenoxy) is 1. The van der Waals surface area contributed by atoms with E-state index < -0.39 is 11.6 Å². The van der Waals surface area contributed by atoms with Crippen LogP contribution in [0.2, 0.25) is 0 Å². The molecule has 0 radical (unpaired) electrons. The van der Waals surface area contributed by atoms with Crippen molar-refractivity contribution in [3.63, 3.8) is 0 Å². The number of cyclic esters (lactones) is 1. The molecule has 1 fully saturated rings. The molecule has 3 aromatic rings. The molecule has 1 aliphatic heterocycles. The minimum absolute atomic E-state index is 0.0188. The molecule has 0 bridgehead atoms. The molecule has 0 saturated heterocycles. The molecule has 9 nitrogen and oxygen atoms in total. The highest BCUT2D eigenvalue weighted by Crippen LogP contribution is 2.46. The number of fused-ring (bicyclic) bond motifs is 1. The molecule has 2 aliphatic rings. The van der Waals surface area contributed by atoms with E-state index in [0.29, 0.717) is 36.4 Å². The summed E-state index contributed by atoms with van der Waals surface area (Å²) in [7, 11) is 0. The number of aliphatic hydroxyl groups is 1. The lowest BCUT2D eigenvalue weighted by molar-refractivity contribution is -0.167. The smallest absolute Gasteiger partial charge is 0.338 e. The Labute approximate surface area is 209 Å². The maximum atomic E-state index is 13.3. The zero-order valence-electron chi connectivity index (χ0n) is 20.7. The van der Waals surface area contributed by atoms with Gasteiger partial charge in [-0.25, -0.2) is 14.3 Å². The van der Waals surface area contributed by atoms with Crippen LogP contribution in [-0.2, 0) is 28.8 Å². The second-order valence-electron chi connectivity index (χ2n) is 10.1. The molecular weight excluding hydrogens is 460 g/mol. The minimum Gasteiger partial charge on any atom is -0.512 e. The van der Waals surface area contributed by atoms with Crippen LogP contribution in [0.15, 0.2) is 35.9 Å². The van der Waals surface area contributed by atoms with Gasteiger partial charge >= 0.3 is 5.97 Å². The van der Waals surface area contributed by atoms with Crippen molar-refractivity contribution in [3.05, 3.63) is 58.4 Å². The number of aliphatic hydroxyl groups excluding tert-OH is 1. The number of benzene rings is 1. The van der Waals surface area contributed by atoms with E-state index in [1.54, 1.807) is 16.9 Å². The van der Waals surface area contributed by atoms with Gasteiger partial charge in [-0.2, -0.15) is 4.98 Å². The first-order valence-corrected chi connectivity index (χ1v) is 12.6. The minimum atomic E-state index is -0.844. The van der Waals surface area contributed by atoms with Gasteiger partial charge in [-0.15, -0.1) is 5.10 Å². The van der Waals surface area contributed by atoms with Crippen LogP contribution in [0.4, 0.5) is 0 Å². The molecule has 1 saturated carbocycles. The third-order valence-electron chi connectivity index (χ3n) is 7.64. The van der Waals surface area contributed by atoms with Crippen molar-refractivity contribution >= 4 is 11.7 Å². The molecule has 3 N–H and O–H groups in total. The van der Waals surface area contributed by atoms with E-state index in [1.165, 1.54) is 6.07 Å². The number of aryl methyl sites for hydroxylation is 3. The lowest BCUT2D eigenvalue weighted by Gasteiger charge is -2.41. The number of carbonyl (C=O) groups excluding carboxylic acids is 1. The number of aromatic hydroxyl groups is 2. The Hall–Kier alpha value is -3.62. The first-order valence-electron chi connectivity index (χ1n) is 12.6. The normalized spacial score (nSPS) is 20.9. The average Bonchev–Trinajstić information content (AvgIpc) is 3.51. The summed E-state index contributed by atoms with van der Waals surface area (Å²) < 4.78 is 7.75. The van der Waals surface area contributed by atoms with Gasteiger partial charge in [0.15, 0.2) is 5.82 Å². The fourth-order valence-electron chi connectivity index (χ4n) is 5.64. The number of rotatable bonds is 7. The number of aromatic nitrogens is 4. The van der Waals surface area contributed by atoms with E-state index in [2.05, 4.69) is 15.1 Å². The van der Waals surface area contributed by atoms with Crippen LogP contribution in [0, 0.1) is 12.8 Å². The lowest BCUT2D eigenvalue weighted by atomic mass is 9.76. The number of hydrogen-bond donors (Lipinski definition) is 3. The van der Waals surface area contributed by atoms with Crippen molar-refractivity contribution in [2.45, 2.75) is 77.2 Å². The van der Waals surface area contributed by atoms with Gasteiger partial charge in [0.2, 0.25) is 0 Å². The second-order valence-corrected chi connectivity index (χ2v) is 10.1. The van der Waals surface area contributed by atoms with Gasteiger partial charge in [-0.05, 0) is 67.7 Å². The van der Waals surface area contributed by atoms with Crippen LogP contribution < -0.4 is 0 Å². The first-order chi connectivity index (χ1) is 17.3. The highest BCUT2D eigenvalue weighted by molar-refractivity contribution is 5.90. The predicted molar refractivity (Wildman–Crippen MR) is 132 cm³/mol. The predicted octanol–water partition coefficient (Wildman–Crippen LogP) is 4.27. The molecular formula is C27H32N4O5. The van der Waals surface area contributed by atoms with Gasteiger partial charge in [-0.3, -0.25) is 0 Å². The van der Waals surface area contributed by atoms with E-state index in [-0.39, 0.29) is 41.6 Å². The highest BCUT2D eigenvalue weighted by atomic mass is 16.6. The maximum absolute atomic E-state index is 13.3. The van der Waals surface area contributed by atoms with Crippen molar-refractivity contribution in [2.75, 3.05) is 0 Å². The molecule has 190 valence electrons. The lowest BCUT2D eigenvalue weighted by Crippen LogP contribution is -2.46. The summed E-state index contributed by atoms with van der Waals surface area (Å²) in [5.74, 6) is 0.528. The molecule has 0 spiro atoms. The van der Waals surface area contributed by atoms with Gasteiger partial charge in [0.1, 0.15) is 22.9 Å². The standard InChI is InChI=1S/C27H32N4O5/c1-3-17-10-18(22(33)12-21(17)32)8-9-27(19-6-4-5-7-19)13-23(34)20(25(35)36-27)11-24-29-26-28-14-16(2)15-31(26)30-24/h10,12,14-15,19,32-34H,3-9,11,13H2,1-2H3/t27-/m1/s1. The van der Waals surface area contributed by atoms with Gasteiger partial charge < -0.3 is 20.1 Å². The van der Waals surface area contributed by atoms with E-state index in [9.17, 15) is 20.1 Å². The number of hydrogen-bond acceptors (Lipinski definition) is 8. The summed E-state index contributed by atoms with van der Waals surface area (Å²) in [6.45, 7) is 3.85. The fraction of sp³-hybridized carbons (Fsp3) is 0.481. The van der Waals surface area contributed by atoms with Gasteiger partial charge in [0, 0.05) is 31.3 Å². The molecule has 0 unspecified atom stereocenters. The first kappa shape index (κ1) is 24.1. The molecule has 36 heavy (non-hydrogen) atoms. The highest BCUT2D eigenvalue weighted by Gasteiger charge is 2.48. The van der Waals surface area contributed by atoms with Crippen molar-refractivity contribution in [1.29, 1.82) is 0 Å². The number of nitrogens with zero attached hydrogens (tertiary/aromatic N) is 4. The van der Waals surface area contributed by atoms with Crippen LogP contribution >= 0.6 is 0 Å². The molecule has 1 aliphatic carbocycles. The average molecular weight is 493 g/mol. The largest absolute Gasteiger partial charge is 0.512 e. The summed E-state index contributed by atoms with van der Waals surface area (Å²) in [5, 5.41) is 36.0. The molecule has 0 amide bonds. The number of esters is 1. The summed E-state index contributed by atoms with van der Waals surface area (Å²) in [5.41, 5.74) is 1.72. The van der Waals surface area contributed by atoms with Crippen LogP contribution in [0.1, 0.15) is 68.0 Å². The van der Waals surface area contributed by atoms with Gasteiger partial charge in [0.05, 0.1) is 5.57 Å². The number of carbonyl (C=O) groups is 1. The molecule has 9 heteroatoms. The monoisotopic (exact) mass is 492 g/mol. The summed E-state index contributed by atoms with van der Waals surface area (Å²) >= 11 is 0. The Morgan fingerprint density at radius 3 is 2.61 bits per heavy atom. The van der Waals surface area contributed by atoms with Crippen LogP contribution in [0.25, 0.3) is 5.78 Å².